The number of benzene rings is 1. The molecule has 1 fully saturated rings. The molecule has 3 rings (SSSR count). The molecular weight excluding hydrogens is 244 g/mol. The molecule has 19 heavy (non-hydrogen) atoms. The minimum Gasteiger partial charge on any atom is -0.508 e. The van der Waals surface area contributed by atoms with Crippen LogP contribution in [-0.4, -0.2) is 27.9 Å². The third-order valence-electron chi connectivity index (χ3n) is 3.62. The van der Waals surface area contributed by atoms with Gasteiger partial charge in [-0.3, -0.25) is 9.59 Å². The van der Waals surface area contributed by atoms with Crippen LogP contribution in [0.2, 0.25) is 0 Å². The van der Waals surface area contributed by atoms with Crippen molar-refractivity contribution in [1.29, 1.82) is 0 Å². The van der Waals surface area contributed by atoms with E-state index in [2.05, 4.69) is 11.9 Å². The monoisotopic (exact) mass is 258 g/mol. The number of allylic oxidation sites excluding steroid dienone is 1. The minimum absolute atomic E-state index is 0.134. The molecule has 0 bridgehead atoms. The molecule has 1 aromatic rings. The SMILES string of the molecule is C=C1CCC(N2Cc3cc(O)ccc3C2=O)C(=O)N1. The van der Waals surface area contributed by atoms with E-state index >= 15 is 0 Å². The number of aromatic hydroxyl groups is 1. The second kappa shape index (κ2) is 4.12. The van der Waals surface area contributed by atoms with Gasteiger partial charge in [-0.05, 0) is 36.6 Å². The van der Waals surface area contributed by atoms with Crippen LogP contribution in [0.4, 0.5) is 0 Å². The maximum atomic E-state index is 12.3. The van der Waals surface area contributed by atoms with Crippen molar-refractivity contribution in [1.82, 2.24) is 10.2 Å². The number of hydrogen-bond acceptors (Lipinski definition) is 3. The first-order valence-corrected chi connectivity index (χ1v) is 6.18. The van der Waals surface area contributed by atoms with Crippen LogP contribution in [0.25, 0.3) is 0 Å². The van der Waals surface area contributed by atoms with Crippen LogP contribution in [0, 0.1) is 0 Å². The van der Waals surface area contributed by atoms with Crippen molar-refractivity contribution < 1.29 is 14.7 Å². The molecule has 1 atom stereocenters. The molecule has 1 saturated heterocycles. The van der Waals surface area contributed by atoms with E-state index in [0.29, 0.717) is 30.6 Å². The summed E-state index contributed by atoms with van der Waals surface area (Å²) < 4.78 is 0. The molecule has 0 spiro atoms. The van der Waals surface area contributed by atoms with Crippen molar-refractivity contribution in [3.63, 3.8) is 0 Å². The molecule has 0 aromatic heterocycles. The quantitative estimate of drug-likeness (QED) is 0.793. The Kier molecular flexibility index (Phi) is 2.55. The Hall–Kier alpha value is -2.30. The molecule has 2 amide bonds. The third kappa shape index (κ3) is 1.87. The first-order chi connectivity index (χ1) is 9.06. The summed E-state index contributed by atoms with van der Waals surface area (Å²) in [6, 6.07) is 4.22. The maximum absolute atomic E-state index is 12.3. The van der Waals surface area contributed by atoms with Gasteiger partial charge in [0, 0.05) is 17.8 Å². The summed E-state index contributed by atoms with van der Waals surface area (Å²) in [6.45, 7) is 4.10. The van der Waals surface area contributed by atoms with Crippen LogP contribution in [0.3, 0.4) is 0 Å². The van der Waals surface area contributed by atoms with Crippen molar-refractivity contribution in [2.24, 2.45) is 0 Å². The summed E-state index contributed by atoms with van der Waals surface area (Å²) in [5.41, 5.74) is 2.03. The molecule has 2 aliphatic rings. The maximum Gasteiger partial charge on any atom is 0.255 e. The zero-order chi connectivity index (χ0) is 13.6. The fourth-order valence-corrected chi connectivity index (χ4v) is 2.64. The second-order valence-electron chi connectivity index (χ2n) is 4.92. The average molecular weight is 258 g/mol. The normalized spacial score (nSPS) is 22.4. The molecule has 1 unspecified atom stereocenters. The van der Waals surface area contributed by atoms with Crippen LogP contribution in [-0.2, 0) is 11.3 Å². The van der Waals surface area contributed by atoms with Gasteiger partial charge in [0.1, 0.15) is 11.8 Å². The van der Waals surface area contributed by atoms with E-state index in [0.717, 1.165) is 5.56 Å². The number of phenols is 1. The Bertz CT molecular complexity index is 594. The number of piperidine rings is 1. The molecule has 5 nitrogen and oxygen atoms in total. The number of phenolic OH excluding ortho intramolecular Hbond substituents is 1. The van der Waals surface area contributed by atoms with Gasteiger partial charge in [0.2, 0.25) is 5.91 Å². The summed E-state index contributed by atoms with van der Waals surface area (Å²) in [5.74, 6) is -0.195. The Balaban J connectivity index is 1.87. The fraction of sp³-hybridized carbons (Fsp3) is 0.286. The van der Waals surface area contributed by atoms with E-state index < -0.39 is 6.04 Å². The van der Waals surface area contributed by atoms with Crippen LogP contribution in [0.5, 0.6) is 5.75 Å². The van der Waals surface area contributed by atoms with Gasteiger partial charge in [-0.25, -0.2) is 0 Å². The van der Waals surface area contributed by atoms with Gasteiger partial charge < -0.3 is 15.3 Å². The van der Waals surface area contributed by atoms with Gasteiger partial charge in [-0.15, -0.1) is 0 Å². The Morgan fingerprint density at radius 3 is 2.89 bits per heavy atom. The predicted octanol–water partition coefficient (Wildman–Crippen LogP) is 1.14. The molecule has 2 heterocycles. The lowest BCUT2D eigenvalue weighted by Gasteiger charge is -2.30. The molecule has 0 saturated carbocycles. The van der Waals surface area contributed by atoms with Crippen LogP contribution < -0.4 is 5.32 Å². The number of rotatable bonds is 1. The molecule has 1 aromatic carbocycles. The van der Waals surface area contributed by atoms with E-state index in [-0.39, 0.29) is 17.6 Å². The lowest BCUT2D eigenvalue weighted by atomic mass is 10.0. The van der Waals surface area contributed by atoms with Crippen LogP contribution >= 0.6 is 0 Å². The predicted molar refractivity (Wildman–Crippen MR) is 68.3 cm³/mol. The fourth-order valence-electron chi connectivity index (χ4n) is 2.64. The summed E-state index contributed by atoms with van der Waals surface area (Å²) in [5, 5.41) is 12.1. The zero-order valence-electron chi connectivity index (χ0n) is 10.3. The highest BCUT2D eigenvalue weighted by Gasteiger charge is 2.37. The van der Waals surface area contributed by atoms with Gasteiger partial charge in [-0.1, -0.05) is 6.58 Å². The third-order valence-corrected chi connectivity index (χ3v) is 3.62. The van der Waals surface area contributed by atoms with Crippen molar-refractivity contribution >= 4 is 11.8 Å². The van der Waals surface area contributed by atoms with Crippen molar-refractivity contribution in [3.8, 4) is 5.75 Å². The topological polar surface area (TPSA) is 69.6 Å². The number of fused-ring (bicyclic) bond motifs is 1. The van der Waals surface area contributed by atoms with Crippen LogP contribution in [0.15, 0.2) is 30.5 Å². The summed E-state index contributed by atoms with van der Waals surface area (Å²) in [4.78, 5) is 25.8. The van der Waals surface area contributed by atoms with E-state index in [1.807, 2.05) is 0 Å². The smallest absolute Gasteiger partial charge is 0.255 e. The average Bonchev–Trinajstić information content (AvgIpc) is 2.66. The first-order valence-electron chi connectivity index (χ1n) is 6.18. The highest BCUT2D eigenvalue weighted by Crippen LogP contribution is 2.30. The van der Waals surface area contributed by atoms with Crippen molar-refractivity contribution in [2.45, 2.75) is 25.4 Å². The Labute approximate surface area is 110 Å². The van der Waals surface area contributed by atoms with E-state index in [1.54, 1.807) is 17.0 Å². The van der Waals surface area contributed by atoms with Gasteiger partial charge in [0.15, 0.2) is 0 Å². The Morgan fingerprint density at radius 2 is 2.16 bits per heavy atom. The van der Waals surface area contributed by atoms with Gasteiger partial charge >= 0.3 is 0 Å². The lowest BCUT2D eigenvalue weighted by molar-refractivity contribution is -0.126. The van der Waals surface area contributed by atoms with Gasteiger partial charge in [-0.2, -0.15) is 0 Å². The van der Waals surface area contributed by atoms with Crippen molar-refractivity contribution in [2.75, 3.05) is 0 Å². The summed E-state index contributed by atoms with van der Waals surface area (Å²) in [6.07, 6.45) is 1.28. The van der Waals surface area contributed by atoms with Crippen LogP contribution in [0.1, 0.15) is 28.8 Å². The highest BCUT2D eigenvalue weighted by molar-refractivity contribution is 6.01. The molecular formula is C14H14N2O3. The number of carbonyl (C=O) groups excluding carboxylic acids is 2. The standard InChI is InChI=1S/C14H14N2O3/c1-8-2-5-12(13(18)15-8)16-7-9-6-10(17)3-4-11(9)14(16)19/h3-4,6,12,17H,1-2,5,7H2,(H,15,18). The van der Waals surface area contributed by atoms with Gasteiger partial charge in [0.25, 0.3) is 5.91 Å². The number of nitrogens with zero attached hydrogens (tertiary/aromatic N) is 1. The van der Waals surface area contributed by atoms with E-state index in [9.17, 15) is 14.7 Å². The number of hydrogen-bond donors (Lipinski definition) is 2. The molecule has 0 radical (unpaired) electrons. The van der Waals surface area contributed by atoms with E-state index in [4.69, 9.17) is 0 Å². The minimum atomic E-state index is -0.451. The number of amides is 2. The molecule has 2 aliphatic heterocycles. The molecule has 98 valence electrons. The zero-order valence-corrected chi connectivity index (χ0v) is 10.3. The van der Waals surface area contributed by atoms with Crippen molar-refractivity contribution in [3.05, 3.63) is 41.6 Å². The lowest BCUT2D eigenvalue weighted by Crippen LogP contribution is -2.49. The van der Waals surface area contributed by atoms with Gasteiger partial charge in [0.05, 0.1) is 0 Å². The Morgan fingerprint density at radius 1 is 1.37 bits per heavy atom. The first kappa shape index (κ1) is 11.8. The van der Waals surface area contributed by atoms with E-state index in [1.165, 1.54) is 6.07 Å². The summed E-state index contributed by atoms with van der Waals surface area (Å²) in [7, 11) is 0. The number of carbonyl (C=O) groups is 2. The largest absolute Gasteiger partial charge is 0.508 e. The summed E-state index contributed by atoms with van der Waals surface area (Å²) >= 11 is 0. The number of nitrogens with one attached hydrogen (secondary N) is 1. The molecule has 0 aliphatic carbocycles. The second-order valence-corrected chi connectivity index (χ2v) is 4.92. The highest BCUT2D eigenvalue weighted by atomic mass is 16.3. The molecule has 2 N–H and O–H groups in total. The molecule has 5 heteroatoms.